The second-order valence-electron chi connectivity index (χ2n) is 6.05. The minimum atomic E-state index is -0.229. The fourth-order valence-corrected chi connectivity index (χ4v) is 2.61. The zero-order valence-corrected chi connectivity index (χ0v) is 14.6. The molecule has 9 heteroatoms. The van der Waals surface area contributed by atoms with Crippen LogP contribution in [-0.4, -0.2) is 30.7 Å². The van der Waals surface area contributed by atoms with E-state index >= 15 is 0 Å². The lowest BCUT2D eigenvalue weighted by atomic mass is 10.1. The lowest BCUT2D eigenvalue weighted by Crippen LogP contribution is -2.12. The number of nitrogens with one attached hydrogen (secondary N) is 1. The van der Waals surface area contributed by atoms with Crippen LogP contribution in [-0.2, 0) is 0 Å². The van der Waals surface area contributed by atoms with Gasteiger partial charge in [0.1, 0.15) is 23.9 Å². The lowest BCUT2D eigenvalue weighted by molar-refractivity contribution is 0.0945. The number of ketones is 1. The van der Waals surface area contributed by atoms with Crippen molar-refractivity contribution in [1.29, 1.82) is 5.26 Å². The number of carbonyl (C=O) groups is 1. The molecule has 9 nitrogen and oxygen atoms in total. The minimum absolute atomic E-state index is 0.0801. The number of carbonyl (C=O) groups excluding carboxylic acids is 1. The number of unbranched alkanes of at least 4 members (excludes halogenated alkanes) is 2. The van der Waals surface area contributed by atoms with Gasteiger partial charge in [0.2, 0.25) is 5.78 Å². The SMILES string of the molecule is N#Cc1cnc(-c2cnc([C@@H](N)CCCCCC(=O)c3ncco3)[nH]2)cn1. The number of oxazole rings is 1. The number of aromatic nitrogens is 5. The molecule has 1 atom stereocenters. The van der Waals surface area contributed by atoms with Crippen LogP contribution in [0.15, 0.2) is 35.5 Å². The molecule has 3 heterocycles. The summed E-state index contributed by atoms with van der Waals surface area (Å²) in [6.45, 7) is 0. The van der Waals surface area contributed by atoms with Gasteiger partial charge in [0, 0.05) is 6.42 Å². The van der Waals surface area contributed by atoms with Crippen LogP contribution >= 0.6 is 0 Å². The van der Waals surface area contributed by atoms with Gasteiger partial charge in [-0.15, -0.1) is 0 Å². The molecule has 3 aromatic heterocycles. The highest BCUT2D eigenvalue weighted by Crippen LogP contribution is 2.19. The summed E-state index contributed by atoms with van der Waals surface area (Å²) in [4.78, 5) is 31.2. The number of nitrogens with zero attached hydrogens (tertiary/aromatic N) is 5. The van der Waals surface area contributed by atoms with Crippen molar-refractivity contribution in [3.63, 3.8) is 0 Å². The highest BCUT2D eigenvalue weighted by Gasteiger charge is 2.13. The molecule has 0 fully saturated rings. The molecule has 0 saturated heterocycles. The summed E-state index contributed by atoms with van der Waals surface area (Å²) < 4.78 is 4.98. The van der Waals surface area contributed by atoms with Crippen molar-refractivity contribution >= 4 is 5.78 Å². The summed E-state index contributed by atoms with van der Waals surface area (Å²) in [5, 5.41) is 8.76. The smallest absolute Gasteiger partial charge is 0.263 e. The fourth-order valence-electron chi connectivity index (χ4n) is 2.61. The van der Waals surface area contributed by atoms with E-state index in [-0.39, 0.29) is 23.4 Å². The molecule has 0 unspecified atom stereocenters. The van der Waals surface area contributed by atoms with Crippen LogP contribution in [0, 0.1) is 11.3 Å². The first-order valence-corrected chi connectivity index (χ1v) is 8.63. The van der Waals surface area contributed by atoms with Gasteiger partial charge < -0.3 is 15.1 Å². The van der Waals surface area contributed by atoms with Gasteiger partial charge in [-0.1, -0.05) is 12.8 Å². The first-order chi connectivity index (χ1) is 13.2. The number of nitrogens with two attached hydrogens (primary N) is 1. The van der Waals surface area contributed by atoms with Crippen LogP contribution in [0.25, 0.3) is 11.4 Å². The molecule has 3 N–H and O–H groups in total. The number of H-pyrrole nitrogens is 1. The van der Waals surface area contributed by atoms with Crippen molar-refractivity contribution in [3.8, 4) is 17.5 Å². The second-order valence-corrected chi connectivity index (χ2v) is 6.05. The molecule has 3 aromatic rings. The Balaban J connectivity index is 1.43. The summed E-state index contributed by atoms with van der Waals surface area (Å²) in [6.07, 6.45) is 11.1. The van der Waals surface area contributed by atoms with E-state index in [1.54, 1.807) is 6.20 Å². The maximum Gasteiger partial charge on any atom is 0.263 e. The van der Waals surface area contributed by atoms with Gasteiger partial charge in [-0.3, -0.25) is 4.79 Å². The predicted molar refractivity (Wildman–Crippen MR) is 95.2 cm³/mol. The Morgan fingerprint density at radius 3 is 2.78 bits per heavy atom. The number of rotatable bonds is 9. The molecule has 0 aliphatic heterocycles. The Hall–Kier alpha value is -3.38. The molecule has 0 amide bonds. The number of hydrogen-bond donors (Lipinski definition) is 2. The Kier molecular flexibility index (Phi) is 6.02. The van der Waals surface area contributed by atoms with Crippen molar-refractivity contribution in [2.75, 3.05) is 0 Å². The van der Waals surface area contributed by atoms with Crippen LogP contribution in [0.1, 0.15) is 60.3 Å². The zero-order valence-electron chi connectivity index (χ0n) is 14.6. The maximum absolute atomic E-state index is 11.8. The Bertz CT molecular complexity index is 910. The molecule has 0 bridgehead atoms. The second kappa shape index (κ2) is 8.82. The molecule has 0 aliphatic carbocycles. The van der Waals surface area contributed by atoms with E-state index in [2.05, 4.69) is 24.9 Å². The molecule has 138 valence electrons. The van der Waals surface area contributed by atoms with Crippen molar-refractivity contribution in [2.45, 2.75) is 38.1 Å². The molecule has 0 spiro atoms. The molecule has 0 aliphatic rings. The number of aromatic amines is 1. The molecular weight excluding hydrogens is 346 g/mol. The topological polar surface area (TPSA) is 147 Å². The Morgan fingerprint density at radius 1 is 1.19 bits per heavy atom. The highest BCUT2D eigenvalue weighted by atomic mass is 16.3. The normalized spacial score (nSPS) is 11.9. The number of Topliss-reactive ketones (excluding diaryl/α,β-unsaturated/α-hetero) is 1. The number of imidazole rings is 1. The Labute approximate surface area is 155 Å². The van der Waals surface area contributed by atoms with E-state index in [4.69, 9.17) is 15.4 Å². The molecule has 0 aromatic carbocycles. The third-order valence-electron chi connectivity index (χ3n) is 4.08. The monoisotopic (exact) mass is 365 g/mol. The van der Waals surface area contributed by atoms with Crippen LogP contribution in [0.4, 0.5) is 0 Å². The molecule has 0 saturated carbocycles. The van der Waals surface area contributed by atoms with E-state index in [1.165, 1.54) is 24.9 Å². The zero-order chi connectivity index (χ0) is 19.1. The molecular formula is C18H19N7O2. The van der Waals surface area contributed by atoms with Crippen LogP contribution in [0.5, 0.6) is 0 Å². The van der Waals surface area contributed by atoms with E-state index < -0.39 is 0 Å². The van der Waals surface area contributed by atoms with Gasteiger partial charge in [0.05, 0.1) is 36.5 Å². The summed E-state index contributed by atoms with van der Waals surface area (Å²) >= 11 is 0. The number of nitriles is 1. The van der Waals surface area contributed by atoms with E-state index in [0.717, 1.165) is 25.7 Å². The molecule has 3 rings (SSSR count). The average Bonchev–Trinajstić information content (AvgIpc) is 3.39. The van der Waals surface area contributed by atoms with Gasteiger partial charge in [-0.05, 0) is 12.8 Å². The van der Waals surface area contributed by atoms with Crippen LogP contribution in [0.3, 0.4) is 0 Å². The molecule has 0 radical (unpaired) electrons. The fraction of sp³-hybridized carbons (Fsp3) is 0.333. The summed E-state index contributed by atoms with van der Waals surface area (Å²) in [5.74, 6) is 0.760. The maximum atomic E-state index is 11.8. The van der Waals surface area contributed by atoms with E-state index in [0.29, 0.717) is 23.6 Å². The van der Waals surface area contributed by atoms with Crippen molar-refractivity contribution in [1.82, 2.24) is 24.9 Å². The van der Waals surface area contributed by atoms with Gasteiger partial charge in [0.25, 0.3) is 5.89 Å². The van der Waals surface area contributed by atoms with Crippen LogP contribution < -0.4 is 5.73 Å². The van der Waals surface area contributed by atoms with Gasteiger partial charge in [0.15, 0.2) is 5.69 Å². The number of hydrogen-bond acceptors (Lipinski definition) is 8. The van der Waals surface area contributed by atoms with Crippen molar-refractivity contribution in [2.24, 2.45) is 5.73 Å². The van der Waals surface area contributed by atoms with E-state index in [9.17, 15) is 4.79 Å². The van der Waals surface area contributed by atoms with Crippen LogP contribution in [0.2, 0.25) is 0 Å². The van der Waals surface area contributed by atoms with Gasteiger partial charge in [-0.2, -0.15) is 5.26 Å². The largest absolute Gasteiger partial charge is 0.442 e. The first-order valence-electron chi connectivity index (χ1n) is 8.63. The molecule has 27 heavy (non-hydrogen) atoms. The first kappa shape index (κ1) is 18.4. The Morgan fingerprint density at radius 2 is 2.07 bits per heavy atom. The summed E-state index contributed by atoms with van der Waals surface area (Å²) in [5.41, 5.74) is 7.75. The summed E-state index contributed by atoms with van der Waals surface area (Å²) in [6, 6.07) is 1.70. The lowest BCUT2D eigenvalue weighted by Gasteiger charge is -2.08. The summed E-state index contributed by atoms with van der Waals surface area (Å²) in [7, 11) is 0. The average molecular weight is 365 g/mol. The quantitative estimate of drug-likeness (QED) is 0.434. The van der Waals surface area contributed by atoms with Gasteiger partial charge in [-0.25, -0.2) is 19.9 Å². The third-order valence-corrected chi connectivity index (χ3v) is 4.08. The predicted octanol–water partition coefficient (Wildman–Crippen LogP) is 2.56. The van der Waals surface area contributed by atoms with E-state index in [1.807, 2.05) is 6.07 Å². The van der Waals surface area contributed by atoms with Crippen molar-refractivity contribution < 1.29 is 9.21 Å². The minimum Gasteiger partial charge on any atom is -0.442 e. The standard InChI is InChI=1S/C18H19N7O2/c19-8-12-9-23-14(10-22-12)15-11-24-17(25-15)13(20)4-2-1-3-5-16(26)18-21-6-7-27-18/h6-7,9-11,13H,1-5,20H2,(H,24,25)/t13-/m0/s1. The highest BCUT2D eigenvalue weighted by molar-refractivity contribution is 5.91. The van der Waals surface area contributed by atoms with Crippen molar-refractivity contribution in [3.05, 3.63) is 48.5 Å². The van der Waals surface area contributed by atoms with Gasteiger partial charge >= 0.3 is 0 Å². The third kappa shape index (κ3) is 4.83.